The molecule has 146 valence electrons. The summed E-state index contributed by atoms with van der Waals surface area (Å²) in [6.45, 7) is 0. The Bertz CT molecular complexity index is 1180. The largest absolute Gasteiger partial charge is 0.497 e. The SMILES string of the molecule is CNc1nccc(-c2nc3cnc(Nc4cccc(OC)c4)nc3n2C2CC2)n1. The molecule has 1 aliphatic carbocycles. The van der Waals surface area contributed by atoms with Gasteiger partial charge in [0.05, 0.1) is 13.3 Å². The first-order valence-corrected chi connectivity index (χ1v) is 9.42. The molecule has 0 aliphatic heterocycles. The van der Waals surface area contributed by atoms with E-state index in [0.29, 0.717) is 17.9 Å². The van der Waals surface area contributed by atoms with Gasteiger partial charge >= 0.3 is 0 Å². The first kappa shape index (κ1) is 17.4. The number of rotatable bonds is 6. The van der Waals surface area contributed by atoms with Gasteiger partial charge in [-0.25, -0.2) is 19.9 Å². The van der Waals surface area contributed by atoms with Gasteiger partial charge in [0.1, 0.15) is 17.0 Å². The number of nitrogens with one attached hydrogen (secondary N) is 2. The molecule has 9 nitrogen and oxygen atoms in total. The van der Waals surface area contributed by atoms with Crippen molar-refractivity contribution in [2.45, 2.75) is 18.9 Å². The Morgan fingerprint density at radius 2 is 1.97 bits per heavy atom. The molecule has 0 saturated heterocycles. The summed E-state index contributed by atoms with van der Waals surface area (Å²) in [6.07, 6.45) is 5.68. The van der Waals surface area contributed by atoms with Gasteiger partial charge < -0.3 is 19.9 Å². The molecule has 2 N–H and O–H groups in total. The topological polar surface area (TPSA) is 103 Å². The molecule has 0 amide bonds. The average Bonchev–Trinajstić information content (AvgIpc) is 3.53. The molecule has 9 heteroatoms. The van der Waals surface area contributed by atoms with Crippen LogP contribution in [0.5, 0.6) is 5.75 Å². The number of methoxy groups -OCH3 is 1. The molecule has 1 aliphatic rings. The van der Waals surface area contributed by atoms with Crippen LogP contribution in [0.1, 0.15) is 18.9 Å². The lowest BCUT2D eigenvalue weighted by Crippen LogP contribution is -2.03. The second kappa shape index (κ2) is 7.01. The quantitative estimate of drug-likeness (QED) is 0.518. The molecular weight excluding hydrogens is 368 g/mol. The first-order chi connectivity index (χ1) is 14.2. The summed E-state index contributed by atoms with van der Waals surface area (Å²) in [5.74, 6) is 2.63. The highest BCUT2D eigenvalue weighted by Gasteiger charge is 2.30. The highest BCUT2D eigenvalue weighted by atomic mass is 16.5. The van der Waals surface area contributed by atoms with E-state index in [0.717, 1.165) is 47.0 Å². The second-order valence-electron chi connectivity index (χ2n) is 6.81. The maximum atomic E-state index is 5.28. The normalized spacial score (nSPS) is 13.4. The Morgan fingerprint density at radius 3 is 2.76 bits per heavy atom. The molecule has 1 fully saturated rings. The number of aromatic nitrogens is 6. The monoisotopic (exact) mass is 388 g/mol. The number of imidazole rings is 1. The van der Waals surface area contributed by atoms with Crippen LogP contribution in [0.4, 0.5) is 17.6 Å². The van der Waals surface area contributed by atoms with Crippen molar-refractivity contribution in [1.82, 2.24) is 29.5 Å². The van der Waals surface area contributed by atoms with Crippen LogP contribution in [0.15, 0.2) is 42.7 Å². The van der Waals surface area contributed by atoms with Gasteiger partial charge in [-0.15, -0.1) is 0 Å². The van der Waals surface area contributed by atoms with Crippen molar-refractivity contribution in [3.05, 3.63) is 42.7 Å². The zero-order valence-electron chi connectivity index (χ0n) is 16.1. The van der Waals surface area contributed by atoms with E-state index in [4.69, 9.17) is 14.7 Å². The van der Waals surface area contributed by atoms with Crippen molar-refractivity contribution >= 4 is 28.7 Å². The van der Waals surface area contributed by atoms with E-state index < -0.39 is 0 Å². The number of anilines is 3. The minimum atomic E-state index is 0.377. The third-order valence-electron chi connectivity index (χ3n) is 4.78. The highest BCUT2D eigenvalue weighted by Crippen LogP contribution is 2.40. The Kier molecular flexibility index (Phi) is 4.19. The van der Waals surface area contributed by atoms with E-state index in [-0.39, 0.29) is 0 Å². The van der Waals surface area contributed by atoms with E-state index in [2.05, 4.69) is 30.2 Å². The standard InChI is InChI=1S/C20H20N8O/c1-21-19-22-9-8-15(26-19)17-25-16-11-23-20(27-18(16)28(17)13-6-7-13)24-12-4-3-5-14(10-12)29-2/h3-5,8-11,13H,6-7H2,1-2H3,(H,21,22,26)(H,23,24,27). The molecule has 29 heavy (non-hydrogen) atoms. The molecule has 1 saturated carbocycles. The van der Waals surface area contributed by atoms with Crippen LogP contribution in [0.25, 0.3) is 22.7 Å². The average molecular weight is 388 g/mol. The molecule has 4 aromatic rings. The van der Waals surface area contributed by atoms with Crippen molar-refractivity contribution < 1.29 is 4.74 Å². The Morgan fingerprint density at radius 1 is 1.07 bits per heavy atom. The van der Waals surface area contributed by atoms with Crippen LogP contribution in [0.3, 0.4) is 0 Å². The fraction of sp³-hybridized carbons (Fsp3) is 0.250. The lowest BCUT2D eigenvalue weighted by molar-refractivity contribution is 0.415. The summed E-state index contributed by atoms with van der Waals surface area (Å²) in [7, 11) is 3.44. The molecule has 0 bridgehead atoms. The molecule has 3 aromatic heterocycles. The first-order valence-electron chi connectivity index (χ1n) is 9.42. The second-order valence-corrected chi connectivity index (χ2v) is 6.81. The van der Waals surface area contributed by atoms with Gasteiger partial charge in [0.25, 0.3) is 0 Å². The summed E-state index contributed by atoms with van der Waals surface area (Å²) in [5.41, 5.74) is 3.16. The Balaban J connectivity index is 1.57. The van der Waals surface area contributed by atoms with Crippen LogP contribution < -0.4 is 15.4 Å². The highest BCUT2D eigenvalue weighted by molar-refractivity contribution is 5.77. The van der Waals surface area contributed by atoms with E-state index in [1.165, 1.54) is 0 Å². The number of nitrogens with zero attached hydrogens (tertiary/aromatic N) is 6. The van der Waals surface area contributed by atoms with E-state index in [1.807, 2.05) is 30.3 Å². The lowest BCUT2D eigenvalue weighted by Gasteiger charge is -2.09. The van der Waals surface area contributed by atoms with Crippen LogP contribution in [0, 0.1) is 0 Å². The van der Waals surface area contributed by atoms with Gasteiger partial charge in [-0.05, 0) is 31.0 Å². The van der Waals surface area contributed by atoms with Gasteiger partial charge in [-0.2, -0.15) is 4.98 Å². The van der Waals surface area contributed by atoms with Gasteiger partial charge in [-0.3, -0.25) is 0 Å². The number of benzene rings is 1. The molecule has 0 unspecified atom stereocenters. The fourth-order valence-corrected chi connectivity index (χ4v) is 3.24. The predicted octanol–water partition coefficient (Wildman–Crippen LogP) is 3.41. The summed E-state index contributed by atoms with van der Waals surface area (Å²) in [4.78, 5) is 22.7. The van der Waals surface area contributed by atoms with Crippen LogP contribution in [0.2, 0.25) is 0 Å². The fourth-order valence-electron chi connectivity index (χ4n) is 3.24. The molecule has 0 spiro atoms. The Labute approximate surface area is 167 Å². The zero-order valence-corrected chi connectivity index (χ0v) is 16.1. The smallest absolute Gasteiger partial charge is 0.229 e. The number of ether oxygens (including phenoxy) is 1. The van der Waals surface area contributed by atoms with Crippen molar-refractivity contribution in [3.8, 4) is 17.3 Å². The van der Waals surface area contributed by atoms with Crippen LogP contribution in [-0.4, -0.2) is 43.6 Å². The third kappa shape index (κ3) is 3.31. The number of fused-ring (bicyclic) bond motifs is 1. The van der Waals surface area contributed by atoms with Crippen molar-refractivity contribution in [1.29, 1.82) is 0 Å². The maximum absolute atomic E-state index is 5.28. The van der Waals surface area contributed by atoms with E-state index in [1.54, 1.807) is 26.6 Å². The molecule has 5 rings (SSSR count). The van der Waals surface area contributed by atoms with E-state index >= 15 is 0 Å². The van der Waals surface area contributed by atoms with Crippen molar-refractivity contribution in [3.63, 3.8) is 0 Å². The lowest BCUT2D eigenvalue weighted by atomic mass is 10.3. The summed E-state index contributed by atoms with van der Waals surface area (Å²) in [5, 5.41) is 6.22. The van der Waals surface area contributed by atoms with Crippen LogP contribution in [-0.2, 0) is 0 Å². The maximum Gasteiger partial charge on any atom is 0.229 e. The van der Waals surface area contributed by atoms with Gasteiger partial charge in [0.15, 0.2) is 11.5 Å². The molecule has 0 radical (unpaired) electrons. The number of hydrogen-bond donors (Lipinski definition) is 2. The molecule has 3 heterocycles. The molecule has 0 atom stereocenters. The minimum absolute atomic E-state index is 0.377. The van der Waals surface area contributed by atoms with Crippen LogP contribution >= 0.6 is 0 Å². The van der Waals surface area contributed by atoms with Gasteiger partial charge in [-0.1, -0.05) is 6.07 Å². The minimum Gasteiger partial charge on any atom is -0.497 e. The summed E-state index contributed by atoms with van der Waals surface area (Å²) in [6, 6.07) is 9.90. The third-order valence-corrected chi connectivity index (χ3v) is 4.78. The van der Waals surface area contributed by atoms with Gasteiger partial charge in [0, 0.05) is 31.0 Å². The van der Waals surface area contributed by atoms with Gasteiger partial charge in [0.2, 0.25) is 11.9 Å². The van der Waals surface area contributed by atoms with E-state index in [9.17, 15) is 0 Å². The molecule has 1 aromatic carbocycles. The molecular formula is C20H20N8O. The summed E-state index contributed by atoms with van der Waals surface area (Å²) >= 11 is 0. The Hall–Kier alpha value is -3.75. The van der Waals surface area contributed by atoms with Crippen molar-refractivity contribution in [2.24, 2.45) is 0 Å². The summed E-state index contributed by atoms with van der Waals surface area (Å²) < 4.78 is 7.44. The predicted molar refractivity (Wildman–Crippen MR) is 110 cm³/mol. The number of hydrogen-bond acceptors (Lipinski definition) is 8. The van der Waals surface area contributed by atoms with Crippen molar-refractivity contribution in [2.75, 3.05) is 24.8 Å². The zero-order chi connectivity index (χ0) is 19.8.